The number of hydrogen-bond donors (Lipinski definition) is 1. The summed E-state index contributed by atoms with van der Waals surface area (Å²) >= 11 is 0. The highest BCUT2D eigenvalue weighted by atomic mass is 16.2. The summed E-state index contributed by atoms with van der Waals surface area (Å²) in [5, 5.41) is 3.09. The third-order valence-electron chi connectivity index (χ3n) is 6.10. The predicted octanol–water partition coefficient (Wildman–Crippen LogP) is 5.48. The number of carbonyl (C=O) groups is 1. The van der Waals surface area contributed by atoms with Gasteiger partial charge in [0.05, 0.1) is 0 Å². The molecule has 3 nitrogen and oxygen atoms in total. The minimum Gasteiger partial charge on any atom is -0.320 e. The number of urea groups is 1. The van der Waals surface area contributed by atoms with E-state index in [1.54, 1.807) is 0 Å². The van der Waals surface area contributed by atoms with Gasteiger partial charge in [0.25, 0.3) is 0 Å². The van der Waals surface area contributed by atoms with Crippen molar-refractivity contribution >= 4 is 11.7 Å². The molecule has 1 aromatic rings. The fraction of sp³-hybridized carbons (Fsp3) is 0.591. The summed E-state index contributed by atoms with van der Waals surface area (Å²) in [6.07, 6.45) is 4.87. The second-order valence-electron chi connectivity index (χ2n) is 8.90. The van der Waals surface area contributed by atoms with Crippen molar-refractivity contribution in [3.05, 3.63) is 41.5 Å². The van der Waals surface area contributed by atoms with Crippen molar-refractivity contribution in [2.24, 2.45) is 23.2 Å². The Labute approximate surface area is 152 Å². The molecule has 0 heterocycles. The van der Waals surface area contributed by atoms with Gasteiger partial charge in [0.15, 0.2) is 0 Å². The van der Waals surface area contributed by atoms with Crippen LogP contribution in [0.15, 0.2) is 35.9 Å². The van der Waals surface area contributed by atoms with Gasteiger partial charge in [-0.1, -0.05) is 51.5 Å². The predicted molar refractivity (Wildman–Crippen MR) is 105 cm³/mol. The van der Waals surface area contributed by atoms with Gasteiger partial charge in [0.2, 0.25) is 0 Å². The lowest BCUT2D eigenvalue weighted by Gasteiger charge is -2.57. The van der Waals surface area contributed by atoms with Gasteiger partial charge in [0.1, 0.15) is 0 Å². The molecule has 0 saturated heterocycles. The van der Waals surface area contributed by atoms with E-state index in [0.29, 0.717) is 17.3 Å². The van der Waals surface area contributed by atoms with Crippen molar-refractivity contribution < 1.29 is 4.79 Å². The molecule has 0 spiro atoms. The molecule has 2 amide bonds. The van der Waals surface area contributed by atoms with Gasteiger partial charge in [-0.25, -0.2) is 4.79 Å². The Kier molecular flexibility index (Phi) is 4.95. The summed E-state index contributed by atoms with van der Waals surface area (Å²) in [5.41, 5.74) is 3.90. The Balaban J connectivity index is 1.71. The molecule has 0 aliphatic heterocycles. The van der Waals surface area contributed by atoms with Crippen LogP contribution >= 0.6 is 0 Å². The molecule has 1 saturated carbocycles. The van der Waals surface area contributed by atoms with Gasteiger partial charge in [0, 0.05) is 18.8 Å². The summed E-state index contributed by atoms with van der Waals surface area (Å²) in [6, 6.07) is 8.02. The standard InChI is InChI=1S/C22H32N2O/c1-15(2)13-24(21(25)23-19-8-6-7-16(3)11-19)14-17-9-10-18-12-20(17)22(18,4)5/h6-9,11,15,18,20H,10,12-14H2,1-5H3,(H,23,25). The molecule has 25 heavy (non-hydrogen) atoms. The van der Waals surface area contributed by atoms with Gasteiger partial charge >= 0.3 is 6.03 Å². The van der Waals surface area contributed by atoms with Crippen LogP contribution in [-0.2, 0) is 0 Å². The molecule has 3 aliphatic rings. The number of allylic oxidation sites excluding steroid dienone is 1. The smallest absolute Gasteiger partial charge is 0.320 e. The summed E-state index contributed by atoms with van der Waals surface area (Å²) in [7, 11) is 0. The van der Waals surface area contributed by atoms with Crippen LogP contribution in [0.5, 0.6) is 0 Å². The Morgan fingerprint density at radius 2 is 2.12 bits per heavy atom. The van der Waals surface area contributed by atoms with Gasteiger partial charge in [-0.15, -0.1) is 0 Å². The summed E-state index contributed by atoms with van der Waals surface area (Å²) in [6.45, 7) is 12.7. The zero-order valence-electron chi connectivity index (χ0n) is 16.3. The molecule has 2 bridgehead atoms. The number of rotatable bonds is 5. The van der Waals surface area contributed by atoms with E-state index in [2.05, 4.69) is 39.1 Å². The van der Waals surface area contributed by atoms with E-state index >= 15 is 0 Å². The number of fused-ring (bicyclic) bond motifs is 1. The Hall–Kier alpha value is -1.77. The number of benzene rings is 1. The molecule has 0 radical (unpaired) electrons. The third kappa shape index (κ3) is 3.75. The van der Waals surface area contributed by atoms with E-state index in [9.17, 15) is 4.79 Å². The lowest BCUT2D eigenvalue weighted by atomic mass is 9.49. The molecule has 1 aromatic carbocycles. The molecule has 1 fully saturated rings. The molecule has 2 atom stereocenters. The van der Waals surface area contributed by atoms with Crippen molar-refractivity contribution in [1.82, 2.24) is 4.90 Å². The number of amides is 2. The molecule has 3 aliphatic carbocycles. The first-order valence-electron chi connectivity index (χ1n) is 9.59. The van der Waals surface area contributed by atoms with Gasteiger partial charge in [-0.3, -0.25) is 0 Å². The normalized spacial score (nSPS) is 23.7. The van der Waals surface area contributed by atoms with E-state index in [1.165, 1.54) is 18.4 Å². The lowest BCUT2D eigenvalue weighted by Crippen LogP contribution is -2.50. The van der Waals surface area contributed by atoms with Crippen LogP contribution in [0.2, 0.25) is 0 Å². The van der Waals surface area contributed by atoms with Gasteiger partial charge in [-0.05, 0) is 60.6 Å². The maximum atomic E-state index is 12.9. The number of aryl methyl sites for hydroxylation is 1. The zero-order valence-corrected chi connectivity index (χ0v) is 16.3. The molecule has 0 aromatic heterocycles. The second-order valence-corrected chi connectivity index (χ2v) is 8.90. The topological polar surface area (TPSA) is 32.3 Å². The van der Waals surface area contributed by atoms with Crippen molar-refractivity contribution in [3.8, 4) is 0 Å². The number of carbonyl (C=O) groups excluding carboxylic acids is 1. The molecule has 4 rings (SSSR count). The van der Waals surface area contributed by atoms with Crippen molar-refractivity contribution in [2.75, 3.05) is 18.4 Å². The first kappa shape index (κ1) is 18.0. The highest BCUT2D eigenvalue weighted by molar-refractivity contribution is 5.89. The SMILES string of the molecule is Cc1cccc(NC(=O)N(CC2=CCC3CC2C3(C)C)CC(C)C)c1. The molecule has 3 heteroatoms. The quantitative estimate of drug-likeness (QED) is 0.708. The number of nitrogens with one attached hydrogen (secondary N) is 1. The van der Waals surface area contributed by atoms with Crippen LogP contribution in [0, 0.1) is 30.1 Å². The molecule has 1 N–H and O–H groups in total. The largest absolute Gasteiger partial charge is 0.322 e. The maximum absolute atomic E-state index is 12.9. The maximum Gasteiger partial charge on any atom is 0.322 e. The first-order valence-corrected chi connectivity index (χ1v) is 9.59. The Bertz CT molecular complexity index is 674. The van der Waals surface area contributed by atoms with Crippen molar-refractivity contribution in [1.29, 1.82) is 0 Å². The van der Waals surface area contributed by atoms with Crippen LogP contribution in [0.4, 0.5) is 10.5 Å². The fourth-order valence-corrected chi connectivity index (χ4v) is 4.46. The van der Waals surface area contributed by atoms with Crippen LogP contribution in [0.25, 0.3) is 0 Å². The Morgan fingerprint density at radius 3 is 2.72 bits per heavy atom. The zero-order chi connectivity index (χ0) is 18.2. The summed E-state index contributed by atoms with van der Waals surface area (Å²) in [4.78, 5) is 14.9. The lowest BCUT2D eigenvalue weighted by molar-refractivity contribution is -0.00968. The second kappa shape index (κ2) is 6.86. The summed E-state index contributed by atoms with van der Waals surface area (Å²) in [5.74, 6) is 1.93. The van der Waals surface area contributed by atoms with Crippen LogP contribution in [0.1, 0.15) is 46.1 Å². The number of hydrogen-bond acceptors (Lipinski definition) is 1. The molecular weight excluding hydrogens is 308 g/mol. The van der Waals surface area contributed by atoms with E-state index in [4.69, 9.17) is 0 Å². The van der Waals surface area contributed by atoms with Gasteiger partial charge < -0.3 is 10.2 Å². The highest BCUT2D eigenvalue weighted by Crippen LogP contribution is 2.59. The van der Waals surface area contributed by atoms with E-state index in [0.717, 1.165) is 30.3 Å². The average Bonchev–Trinajstić information content (AvgIpc) is 2.53. The van der Waals surface area contributed by atoms with E-state index < -0.39 is 0 Å². The highest BCUT2D eigenvalue weighted by Gasteiger charge is 2.51. The number of nitrogens with zero attached hydrogens (tertiary/aromatic N) is 1. The molecule has 136 valence electrons. The molecular formula is C22H32N2O. The Morgan fingerprint density at radius 1 is 1.36 bits per heavy atom. The van der Waals surface area contributed by atoms with Crippen LogP contribution in [0.3, 0.4) is 0 Å². The van der Waals surface area contributed by atoms with Crippen molar-refractivity contribution in [3.63, 3.8) is 0 Å². The summed E-state index contributed by atoms with van der Waals surface area (Å²) < 4.78 is 0. The minimum atomic E-state index is 0.0134. The van der Waals surface area contributed by atoms with Crippen LogP contribution in [-0.4, -0.2) is 24.0 Å². The van der Waals surface area contributed by atoms with Crippen molar-refractivity contribution in [2.45, 2.75) is 47.5 Å². The monoisotopic (exact) mass is 340 g/mol. The third-order valence-corrected chi connectivity index (χ3v) is 6.10. The first-order chi connectivity index (χ1) is 11.8. The van der Waals surface area contributed by atoms with E-state index in [-0.39, 0.29) is 6.03 Å². The van der Waals surface area contributed by atoms with Gasteiger partial charge in [-0.2, -0.15) is 0 Å². The number of anilines is 1. The fourth-order valence-electron chi connectivity index (χ4n) is 4.46. The minimum absolute atomic E-state index is 0.0134. The molecule has 2 unspecified atom stereocenters. The average molecular weight is 341 g/mol. The van der Waals surface area contributed by atoms with E-state index in [1.807, 2.05) is 36.1 Å². The van der Waals surface area contributed by atoms with Crippen LogP contribution < -0.4 is 5.32 Å².